The minimum Gasteiger partial charge on any atom is -0.507 e. The van der Waals surface area contributed by atoms with E-state index < -0.39 is 5.92 Å². The van der Waals surface area contributed by atoms with Gasteiger partial charge in [-0.15, -0.1) is 0 Å². The summed E-state index contributed by atoms with van der Waals surface area (Å²) in [5.74, 6) is 0.411. The molecule has 0 radical (unpaired) electrons. The van der Waals surface area contributed by atoms with Gasteiger partial charge in [0.05, 0.1) is 0 Å². The molecule has 24 heavy (non-hydrogen) atoms. The predicted molar refractivity (Wildman–Crippen MR) is 94.8 cm³/mol. The quantitative estimate of drug-likeness (QED) is 0.643. The van der Waals surface area contributed by atoms with Gasteiger partial charge in [0, 0.05) is 5.56 Å². The van der Waals surface area contributed by atoms with Gasteiger partial charge >= 0.3 is 5.97 Å². The Morgan fingerprint density at radius 3 is 2.25 bits per heavy atom. The van der Waals surface area contributed by atoms with Crippen LogP contribution >= 0.6 is 0 Å². The monoisotopic (exact) mass is 324 g/mol. The molecule has 1 atom stereocenters. The number of phenols is 1. The highest BCUT2D eigenvalue weighted by atomic mass is 16.5. The molecule has 126 valence electrons. The Labute approximate surface area is 143 Å². The molecule has 1 aliphatic heterocycles. The molecule has 0 spiro atoms. The lowest BCUT2D eigenvalue weighted by Gasteiger charge is -2.15. The summed E-state index contributed by atoms with van der Waals surface area (Å²) in [6.07, 6.45) is 3.51. The van der Waals surface area contributed by atoms with Gasteiger partial charge in [-0.05, 0) is 42.5 Å². The number of benzene rings is 2. The molecule has 1 heterocycles. The number of carbonyl (C=O) groups excluding carboxylic acids is 1. The van der Waals surface area contributed by atoms with E-state index in [-0.39, 0.29) is 5.97 Å². The van der Waals surface area contributed by atoms with E-state index in [9.17, 15) is 9.90 Å². The van der Waals surface area contributed by atoms with Gasteiger partial charge in [0.1, 0.15) is 17.4 Å². The van der Waals surface area contributed by atoms with Gasteiger partial charge in [0.15, 0.2) is 0 Å². The van der Waals surface area contributed by atoms with Gasteiger partial charge in [-0.1, -0.05) is 56.5 Å². The maximum atomic E-state index is 12.5. The normalized spacial score (nSPS) is 16.1. The van der Waals surface area contributed by atoms with Crippen molar-refractivity contribution in [1.29, 1.82) is 0 Å². The highest BCUT2D eigenvalue weighted by Crippen LogP contribution is 2.41. The summed E-state index contributed by atoms with van der Waals surface area (Å²) >= 11 is 0. The molecule has 2 aromatic rings. The number of phenolic OH excluding ortho intramolecular Hbond substituents is 1. The standard InChI is InChI=1S/C21H24O3/c1-4-6-14-11-16(12-15(7-5-2)20(14)22)19-17-10-13(3)8-9-18(17)24-21(19)23/h8-12,19,22H,4-7H2,1-3H3. The highest BCUT2D eigenvalue weighted by Gasteiger charge is 2.35. The van der Waals surface area contributed by atoms with Crippen molar-refractivity contribution in [3.8, 4) is 11.5 Å². The fraction of sp³-hybridized carbons (Fsp3) is 0.381. The molecule has 2 aromatic carbocycles. The number of carbonyl (C=O) groups is 1. The van der Waals surface area contributed by atoms with E-state index in [1.807, 2.05) is 37.3 Å². The summed E-state index contributed by atoms with van der Waals surface area (Å²) in [7, 11) is 0. The van der Waals surface area contributed by atoms with Crippen LogP contribution in [0.15, 0.2) is 30.3 Å². The van der Waals surface area contributed by atoms with Crippen LogP contribution in [0.2, 0.25) is 0 Å². The second-order valence-corrected chi connectivity index (χ2v) is 6.58. The van der Waals surface area contributed by atoms with Crippen LogP contribution < -0.4 is 4.74 Å². The summed E-state index contributed by atoms with van der Waals surface area (Å²) in [6, 6.07) is 9.79. The molecule has 3 rings (SSSR count). The minimum absolute atomic E-state index is 0.230. The number of fused-ring (bicyclic) bond motifs is 1. The van der Waals surface area contributed by atoms with Crippen molar-refractivity contribution in [1.82, 2.24) is 0 Å². The number of rotatable bonds is 5. The van der Waals surface area contributed by atoms with Crippen molar-refractivity contribution < 1.29 is 14.6 Å². The van der Waals surface area contributed by atoms with Crippen LogP contribution in [0.4, 0.5) is 0 Å². The first-order valence-electron chi connectivity index (χ1n) is 8.72. The van der Waals surface area contributed by atoms with Crippen LogP contribution in [0.3, 0.4) is 0 Å². The third-order valence-electron chi connectivity index (χ3n) is 4.58. The van der Waals surface area contributed by atoms with Crippen LogP contribution in [-0.2, 0) is 17.6 Å². The van der Waals surface area contributed by atoms with Crippen LogP contribution in [-0.4, -0.2) is 11.1 Å². The SMILES string of the molecule is CCCc1cc(C2C(=O)Oc3ccc(C)cc32)cc(CCC)c1O. The fourth-order valence-corrected chi connectivity index (χ4v) is 3.47. The zero-order valence-corrected chi connectivity index (χ0v) is 14.6. The van der Waals surface area contributed by atoms with Gasteiger partial charge in [-0.25, -0.2) is 0 Å². The lowest BCUT2D eigenvalue weighted by Crippen LogP contribution is -2.12. The lowest BCUT2D eigenvalue weighted by molar-refractivity contribution is -0.133. The Kier molecular flexibility index (Phi) is 4.61. The summed E-state index contributed by atoms with van der Waals surface area (Å²) < 4.78 is 5.46. The second kappa shape index (κ2) is 6.68. The molecule has 0 aliphatic carbocycles. The molecular formula is C21H24O3. The first-order valence-corrected chi connectivity index (χ1v) is 8.72. The average Bonchev–Trinajstić information content (AvgIpc) is 2.86. The van der Waals surface area contributed by atoms with E-state index in [4.69, 9.17) is 4.74 Å². The summed E-state index contributed by atoms with van der Waals surface area (Å²) in [5.41, 5.74) is 4.81. The first-order chi connectivity index (χ1) is 11.5. The Morgan fingerprint density at radius 2 is 1.67 bits per heavy atom. The van der Waals surface area contributed by atoms with E-state index >= 15 is 0 Å². The summed E-state index contributed by atoms with van der Waals surface area (Å²) in [4.78, 5) is 12.5. The largest absolute Gasteiger partial charge is 0.507 e. The van der Waals surface area contributed by atoms with Crippen LogP contribution in [0.5, 0.6) is 11.5 Å². The van der Waals surface area contributed by atoms with Crippen molar-refractivity contribution >= 4 is 5.97 Å². The lowest BCUT2D eigenvalue weighted by atomic mass is 9.87. The Hall–Kier alpha value is -2.29. The van der Waals surface area contributed by atoms with Crippen molar-refractivity contribution in [2.24, 2.45) is 0 Å². The van der Waals surface area contributed by atoms with E-state index in [0.717, 1.165) is 53.5 Å². The minimum atomic E-state index is -0.397. The van der Waals surface area contributed by atoms with Gasteiger partial charge in [-0.2, -0.15) is 0 Å². The highest BCUT2D eigenvalue weighted by molar-refractivity contribution is 5.89. The topological polar surface area (TPSA) is 46.5 Å². The first kappa shape index (κ1) is 16.6. The molecule has 0 saturated heterocycles. The van der Waals surface area contributed by atoms with Gasteiger partial charge < -0.3 is 9.84 Å². The van der Waals surface area contributed by atoms with Crippen molar-refractivity contribution in [2.45, 2.75) is 52.4 Å². The maximum Gasteiger partial charge on any atom is 0.323 e. The maximum absolute atomic E-state index is 12.5. The Bertz CT molecular complexity index is 750. The summed E-state index contributed by atoms with van der Waals surface area (Å²) in [5, 5.41) is 10.5. The molecule has 1 unspecified atom stereocenters. The Balaban J connectivity index is 2.12. The molecule has 0 bridgehead atoms. The van der Waals surface area contributed by atoms with Crippen molar-refractivity contribution in [3.05, 3.63) is 58.1 Å². The third-order valence-corrected chi connectivity index (χ3v) is 4.58. The van der Waals surface area contributed by atoms with E-state index in [0.29, 0.717) is 11.5 Å². The molecular weight excluding hydrogens is 300 g/mol. The van der Waals surface area contributed by atoms with Crippen LogP contribution in [0.1, 0.15) is 60.4 Å². The number of ether oxygens (including phenoxy) is 1. The van der Waals surface area contributed by atoms with Crippen LogP contribution in [0, 0.1) is 6.92 Å². The molecule has 0 aromatic heterocycles. The zero-order valence-electron chi connectivity index (χ0n) is 14.6. The average molecular weight is 324 g/mol. The van der Waals surface area contributed by atoms with Gasteiger partial charge in [0.25, 0.3) is 0 Å². The van der Waals surface area contributed by atoms with Gasteiger partial charge in [-0.3, -0.25) is 4.79 Å². The number of esters is 1. The van der Waals surface area contributed by atoms with E-state index in [2.05, 4.69) is 13.8 Å². The number of hydrogen-bond acceptors (Lipinski definition) is 3. The van der Waals surface area contributed by atoms with Crippen molar-refractivity contribution in [3.63, 3.8) is 0 Å². The molecule has 3 heteroatoms. The fourth-order valence-electron chi connectivity index (χ4n) is 3.47. The zero-order chi connectivity index (χ0) is 17.3. The molecule has 1 aliphatic rings. The second-order valence-electron chi connectivity index (χ2n) is 6.58. The number of aromatic hydroxyl groups is 1. The molecule has 1 N–H and O–H groups in total. The van der Waals surface area contributed by atoms with Crippen LogP contribution in [0.25, 0.3) is 0 Å². The third kappa shape index (κ3) is 2.91. The van der Waals surface area contributed by atoms with Crippen molar-refractivity contribution in [2.75, 3.05) is 0 Å². The number of hydrogen-bond donors (Lipinski definition) is 1. The molecule has 0 saturated carbocycles. The smallest absolute Gasteiger partial charge is 0.323 e. The summed E-state index contributed by atoms with van der Waals surface area (Å²) in [6.45, 7) is 6.20. The Morgan fingerprint density at radius 1 is 1.04 bits per heavy atom. The predicted octanol–water partition coefficient (Wildman–Crippen LogP) is 4.66. The molecule has 0 fully saturated rings. The van der Waals surface area contributed by atoms with E-state index in [1.54, 1.807) is 0 Å². The molecule has 3 nitrogen and oxygen atoms in total. The van der Waals surface area contributed by atoms with E-state index in [1.165, 1.54) is 0 Å². The molecule has 0 amide bonds. The van der Waals surface area contributed by atoms with Gasteiger partial charge in [0.2, 0.25) is 0 Å². The number of aryl methyl sites for hydroxylation is 3.